The van der Waals surface area contributed by atoms with E-state index in [0.29, 0.717) is 11.5 Å². The van der Waals surface area contributed by atoms with Crippen molar-refractivity contribution in [3.63, 3.8) is 0 Å². The predicted octanol–water partition coefficient (Wildman–Crippen LogP) is 3.48. The number of hydrogen-bond acceptors (Lipinski definition) is 2. The molecule has 2 nitrogen and oxygen atoms in total. The minimum absolute atomic E-state index is 0.391. The van der Waals surface area contributed by atoms with Gasteiger partial charge in [-0.05, 0) is 37.4 Å². The lowest BCUT2D eigenvalue weighted by atomic mass is 9.89. The summed E-state index contributed by atoms with van der Waals surface area (Å²) in [5.41, 5.74) is 0.391. The third kappa shape index (κ3) is 6.32. The molecule has 1 aromatic carbocycles. The number of nitrogens with one attached hydrogen (secondary N) is 1. The predicted molar refractivity (Wildman–Crippen MR) is 73.5 cm³/mol. The van der Waals surface area contributed by atoms with Crippen LogP contribution in [0.1, 0.15) is 33.6 Å². The second kappa shape index (κ2) is 6.65. The largest absolute Gasteiger partial charge is 0.492 e. The van der Waals surface area contributed by atoms with E-state index >= 15 is 0 Å². The molecule has 0 aliphatic carbocycles. The average Bonchev–Trinajstić information content (AvgIpc) is 2.29. The van der Waals surface area contributed by atoms with Crippen LogP contribution in [0.15, 0.2) is 30.3 Å². The van der Waals surface area contributed by atoms with Gasteiger partial charge in [0, 0.05) is 6.04 Å². The van der Waals surface area contributed by atoms with Gasteiger partial charge >= 0.3 is 0 Å². The van der Waals surface area contributed by atoms with E-state index in [2.05, 4.69) is 26.1 Å². The fourth-order valence-electron chi connectivity index (χ4n) is 1.63. The minimum Gasteiger partial charge on any atom is -0.492 e. The maximum absolute atomic E-state index is 5.76. The van der Waals surface area contributed by atoms with E-state index in [1.165, 1.54) is 6.42 Å². The van der Waals surface area contributed by atoms with Gasteiger partial charge in [0.25, 0.3) is 0 Å². The number of likely N-dealkylation sites (N-methyl/N-ethyl adjacent to an activating group) is 1. The average molecular weight is 235 g/mol. The highest BCUT2D eigenvalue weighted by atomic mass is 16.5. The smallest absolute Gasteiger partial charge is 0.119 e. The second-order valence-electron chi connectivity index (χ2n) is 5.71. The van der Waals surface area contributed by atoms with Crippen molar-refractivity contribution in [1.82, 2.24) is 5.32 Å². The molecule has 96 valence electrons. The van der Waals surface area contributed by atoms with Crippen LogP contribution < -0.4 is 10.1 Å². The van der Waals surface area contributed by atoms with Crippen molar-refractivity contribution >= 4 is 0 Å². The zero-order valence-electron chi connectivity index (χ0n) is 11.5. The molecule has 2 heteroatoms. The molecule has 0 bridgehead atoms. The summed E-state index contributed by atoms with van der Waals surface area (Å²) in [5, 5.41) is 3.32. The maximum Gasteiger partial charge on any atom is 0.119 e. The first-order valence-corrected chi connectivity index (χ1v) is 6.36. The zero-order valence-corrected chi connectivity index (χ0v) is 11.5. The van der Waals surface area contributed by atoms with Gasteiger partial charge in [-0.25, -0.2) is 0 Å². The van der Waals surface area contributed by atoms with Gasteiger partial charge in [0.1, 0.15) is 12.4 Å². The van der Waals surface area contributed by atoms with E-state index in [4.69, 9.17) is 4.74 Å². The van der Waals surface area contributed by atoms with Gasteiger partial charge in [0.05, 0.1) is 0 Å². The number of ether oxygens (including phenoxy) is 1. The van der Waals surface area contributed by atoms with Crippen molar-refractivity contribution in [3.8, 4) is 5.75 Å². The molecule has 17 heavy (non-hydrogen) atoms. The van der Waals surface area contributed by atoms with Crippen molar-refractivity contribution in [3.05, 3.63) is 30.3 Å². The molecule has 0 aromatic heterocycles. The fourth-order valence-corrected chi connectivity index (χ4v) is 1.63. The van der Waals surface area contributed by atoms with Crippen LogP contribution in [0.5, 0.6) is 5.75 Å². The molecular weight excluding hydrogens is 210 g/mol. The lowest BCUT2D eigenvalue weighted by molar-refractivity contribution is 0.242. The molecule has 1 atom stereocenters. The highest BCUT2D eigenvalue weighted by molar-refractivity contribution is 5.20. The number of rotatable bonds is 6. The van der Waals surface area contributed by atoms with E-state index in [0.717, 1.165) is 18.8 Å². The Bertz CT molecular complexity index is 302. The van der Waals surface area contributed by atoms with Gasteiger partial charge in [0.15, 0.2) is 0 Å². The first kappa shape index (κ1) is 14.0. The van der Waals surface area contributed by atoms with Crippen LogP contribution in [-0.2, 0) is 0 Å². The van der Waals surface area contributed by atoms with Gasteiger partial charge in [-0.3, -0.25) is 0 Å². The van der Waals surface area contributed by atoms with Crippen LogP contribution in [0, 0.1) is 5.41 Å². The summed E-state index contributed by atoms with van der Waals surface area (Å²) in [6, 6.07) is 10.4. The summed E-state index contributed by atoms with van der Waals surface area (Å²) in [5.74, 6) is 0.948. The molecule has 0 aliphatic heterocycles. The molecule has 1 rings (SSSR count). The van der Waals surface area contributed by atoms with Gasteiger partial charge in [-0.1, -0.05) is 39.0 Å². The van der Waals surface area contributed by atoms with Gasteiger partial charge in [-0.15, -0.1) is 0 Å². The normalized spacial score (nSPS) is 13.4. The minimum atomic E-state index is 0.391. The highest BCUT2D eigenvalue weighted by Gasteiger charge is 2.14. The summed E-state index contributed by atoms with van der Waals surface area (Å²) in [7, 11) is 2.00. The fraction of sp³-hybridized carbons (Fsp3) is 0.600. The van der Waals surface area contributed by atoms with Crippen LogP contribution in [0.25, 0.3) is 0 Å². The van der Waals surface area contributed by atoms with Crippen LogP contribution in [0.4, 0.5) is 0 Å². The number of para-hydroxylation sites is 1. The van der Waals surface area contributed by atoms with E-state index in [9.17, 15) is 0 Å². The number of benzene rings is 1. The summed E-state index contributed by atoms with van der Waals surface area (Å²) >= 11 is 0. The highest BCUT2D eigenvalue weighted by Crippen LogP contribution is 2.21. The SMILES string of the molecule is CNC(CCC(C)(C)C)COc1ccccc1. The topological polar surface area (TPSA) is 21.3 Å². The first-order chi connectivity index (χ1) is 8.01. The molecule has 1 unspecified atom stereocenters. The molecule has 1 aromatic rings. The van der Waals surface area contributed by atoms with E-state index in [-0.39, 0.29) is 0 Å². The molecule has 0 aliphatic rings. The van der Waals surface area contributed by atoms with Gasteiger partial charge < -0.3 is 10.1 Å². The molecule has 0 saturated heterocycles. The Morgan fingerprint density at radius 3 is 2.35 bits per heavy atom. The standard InChI is InChI=1S/C15H25NO/c1-15(2,3)11-10-13(16-4)12-17-14-8-6-5-7-9-14/h5-9,13,16H,10-12H2,1-4H3. The Balaban J connectivity index is 2.33. The molecule has 0 saturated carbocycles. The monoisotopic (exact) mass is 235 g/mol. The van der Waals surface area contributed by atoms with Crippen LogP contribution >= 0.6 is 0 Å². The Hall–Kier alpha value is -1.02. The summed E-state index contributed by atoms with van der Waals surface area (Å²) in [6.07, 6.45) is 2.35. The zero-order chi connectivity index (χ0) is 12.7. The van der Waals surface area contributed by atoms with Crippen LogP contribution in [-0.4, -0.2) is 19.7 Å². The Labute approximate surface area is 105 Å². The molecule has 0 radical (unpaired) electrons. The first-order valence-electron chi connectivity index (χ1n) is 6.36. The molecule has 0 amide bonds. The summed E-state index contributed by atoms with van der Waals surface area (Å²) in [4.78, 5) is 0. The van der Waals surface area contributed by atoms with Crippen molar-refractivity contribution in [1.29, 1.82) is 0 Å². The van der Waals surface area contributed by atoms with E-state index < -0.39 is 0 Å². The van der Waals surface area contributed by atoms with E-state index in [1.807, 2.05) is 37.4 Å². The molecular formula is C15H25NO. The quantitative estimate of drug-likeness (QED) is 0.815. The van der Waals surface area contributed by atoms with Crippen molar-refractivity contribution in [2.24, 2.45) is 5.41 Å². The molecule has 0 fully saturated rings. The molecule has 0 spiro atoms. The van der Waals surface area contributed by atoms with Crippen molar-refractivity contribution < 1.29 is 4.74 Å². The third-order valence-corrected chi connectivity index (χ3v) is 2.85. The van der Waals surface area contributed by atoms with Crippen molar-refractivity contribution in [2.75, 3.05) is 13.7 Å². The van der Waals surface area contributed by atoms with Gasteiger partial charge in [0.2, 0.25) is 0 Å². The van der Waals surface area contributed by atoms with Crippen LogP contribution in [0.2, 0.25) is 0 Å². The summed E-state index contributed by atoms with van der Waals surface area (Å²) < 4.78 is 5.76. The number of hydrogen-bond donors (Lipinski definition) is 1. The van der Waals surface area contributed by atoms with Crippen LogP contribution in [0.3, 0.4) is 0 Å². The molecule has 1 N–H and O–H groups in total. The van der Waals surface area contributed by atoms with Gasteiger partial charge in [-0.2, -0.15) is 0 Å². The Morgan fingerprint density at radius 1 is 1.18 bits per heavy atom. The Morgan fingerprint density at radius 2 is 1.82 bits per heavy atom. The van der Waals surface area contributed by atoms with E-state index in [1.54, 1.807) is 0 Å². The Kier molecular flexibility index (Phi) is 5.49. The maximum atomic E-state index is 5.76. The van der Waals surface area contributed by atoms with Crippen molar-refractivity contribution in [2.45, 2.75) is 39.7 Å². The molecule has 0 heterocycles. The summed E-state index contributed by atoms with van der Waals surface area (Å²) in [6.45, 7) is 7.56. The lowest BCUT2D eigenvalue weighted by Crippen LogP contribution is -2.32. The lowest BCUT2D eigenvalue weighted by Gasteiger charge is -2.23. The third-order valence-electron chi connectivity index (χ3n) is 2.85. The second-order valence-corrected chi connectivity index (χ2v) is 5.71.